The molecule has 2 heteroatoms. The lowest BCUT2D eigenvalue weighted by Crippen LogP contribution is -2.21. The lowest BCUT2D eigenvalue weighted by molar-refractivity contribution is 0.498. The molecule has 0 aromatic heterocycles. The summed E-state index contributed by atoms with van der Waals surface area (Å²) in [6.07, 6.45) is 8.03. The molecule has 1 rings (SSSR count). The third kappa shape index (κ3) is 4.20. The van der Waals surface area contributed by atoms with Crippen molar-refractivity contribution >= 4 is 0 Å². The Balaban J connectivity index is 2.78. The van der Waals surface area contributed by atoms with E-state index >= 15 is 0 Å². The Morgan fingerprint density at radius 3 is 2.82 bits per heavy atom. The Labute approximate surface area is 103 Å². The fraction of sp³-hybridized carbons (Fsp3) is 0.467. The molecule has 1 unspecified atom stereocenters. The van der Waals surface area contributed by atoms with Crippen LogP contribution in [-0.2, 0) is 0 Å². The van der Waals surface area contributed by atoms with Gasteiger partial charge < -0.3 is 5.32 Å². The van der Waals surface area contributed by atoms with Crippen molar-refractivity contribution in [3.05, 3.63) is 35.1 Å². The maximum absolute atomic E-state index is 13.1. The molecule has 1 N–H and O–H groups in total. The van der Waals surface area contributed by atoms with Gasteiger partial charge in [-0.25, -0.2) is 4.39 Å². The SMILES string of the molecule is C#CCCCC(NCC)c1ccc(F)cc1C. The van der Waals surface area contributed by atoms with Crippen molar-refractivity contribution in [3.8, 4) is 12.3 Å². The molecule has 0 amide bonds. The highest BCUT2D eigenvalue weighted by Crippen LogP contribution is 2.23. The summed E-state index contributed by atoms with van der Waals surface area (Å²) < 4.78 is 13.1. The van der Waals surface area contributed by atoms with E-state index in [0.717, 1.165) is 31.4 Å². The highest BCUT2D eigenvalue weighted by atomic mass is 19.1. The first-order valence-corrected chi connectivity index (χ1v) is 6.12. The Morgan fingerprint density at radius 1 is 1.47 bits per heavy atom. The normalized spacial score (nSPS) is 12.1. The second-order valence-electron chi connectivity index (χ2n) is 4.21. The van der Waals surface area contributed by atoms with Crippen LogP contribution in [0.25, 0.3) is 0 Å². The van der Waals surface area contributed by atoms with Crippen molar-refractivity contribution in [2.75, 3.05) is 6.54 Å². The van der Waals surface area contributed by atoms with Crippen LogP contribution < -0.4 is 5.32 Å². The molecule has 0 spiro atoms. The molecular weight excluding hydrogens is 213 g/mol. The van der Waals surface area contributed by atoms with E-state index in [2.05, 4.69) is 18.2 Å². The smallest absolute Gasteiger partial charge is 0.123 e. The molecule has 1 aromatic carbocycles. The van der Waals surface area contributed by atoms with Gasteiger partial charge in [0, 0.05) is 12.5 Å². The Hall–Kier alpha value is -1.33. The molecular formula is C15H20FN. The van der Waals surface area contributed by atoms with Crippen LogP contribution in [0.2, 0.25) is 0 Å². The molecule has 0 heterocycles. The summed E-state index contributed by atoms with van der Waals surface area (Å²) in [5.74, 6) is 2.48. The van der Waals surface area contributed by atoms with Crippen molar-refractivity contribution in [2.45, 2.75) is 39.2 Å². The number of hydrogen-bond acceptors (Lipinski definition) is 1. The van der Waals surface area contributed by atoms with Crippen molar-refractivity contribution in [1.29, 1.82) is 0 Å². The summed E-state index contributed by atoms with van der Waals surface area (Å²) in [5.41, 5.74) is 2.17. The van der Waals surface area contributed by atoms with Gasteiger partial charge in [0.1, 0.15) is 5.82 Å². The molecule has 0 aliphatic heterocycles. The third-order valence-electron chi connectivity index (χ3n) is 2.87. The van der Waals surface area contributed by atoms with Crippen molar-refractivity contribution in [3.63, 3.8) is 0 Å². The van der Waals surface area contributed by atoms with Gasteiger partial charge in [-0.1, -0.05) is 13.0 Å². The number of rotatable bonds is 6. The summed E-state index contributed by atoms with van der Waals surface area (Å²) >= 11 is 0. The molecule has 92 valence electrons. The van der Waals surface area contributed by atoms with Gasteiger partial charge in [-0.15, -0.1) is 12.3 Å². The number of halogens is 1. The standard InChI is InChI=1S/C15H20FN/c1-4-6-7-8-15(17-5-2)14-10-9-13(16)11-12(14)3/h1,9-11,15,17H,5-8H2,2-3H3. The Morgan fingerprint density at radius 2 is 2.24 bits per heavy atom. The quantitative estimate of drug-likeness (QED) is 0.585. The van der Waals surface area contributed by atoms with E-state index in [4.69, 9.17) is 6.42 Å². The summed E-state index contributed by atoms with van der Waals surface area (Å²) in [5, 5.41) is 3.43. The van der Waals surface area contributed by atoms with Gasteiger partial charge in [-0.2, -0.15) is 0 Å². The predicted molar refractivity (Wildman–Crippen MR) is 70.2 cm³/mol. The maximum Gasteiger partial charge on any atom is 0.123 e. The van der Waals surface area contributed by atoms with Crippen molar-refractivity contribution in [2.24, 2.45) is 0 Å². The molecule has 0 saturated heterocycles. The number of hydrogen-bond donors (Lipinski definition) is 1. The van der Waals surface area contributed by atoms with E-state index in [1.807, 2.05) is 13.0 Å². The van der Waals surface area contributed by atoms with Crippen LogP contribution >= 0.6 is 0 Å². The lowest BCUT2D eigenvalue weighted by atomic mass is 9.96. The highest BCUT2D eigenvalue weighted by molar-refractivity contribution is 5.29. The lowest BCUT2D eigenvalue weighted by Gasteiger charge is -2.20. The van der Waals surface area contributed by atoms with Gasteiger partial charge in [0.25, 0.3) is 0 Å². The summed E-state index contributed by atoms with van der Waals surface area (Å²) in [6.45, 7) is 4.93. The van der Waals surface area contributed by atoms with Gasteiger partial charge in [0.15, 0.2) is 0 Å². The Kier molecular flexibility index (Phi) is 5.72. The average Bonchev–Trinajstić information content (AvgIpc) is 2.28. The van der Waals surface area contributed by atoms with Gasteiger partial charge in [-0.3, -0.25) is 0 Å². The van der Waals surface area contributed by atoms with E-state index in [0.29, 0.717) is 0 Å². The second kappa shape index (κ2) is 7.09. The van der Waals surface area contributed by atoms with Crippen LogP contribution in [0.5, 0.6) is 0 Å². The van der Waals surface area contributed by atoms with Crippen LogP contribution in [0, 0.1) is 25.1 Å². The predicted octanol–water partition coefficient (Wildman–Crippen LogP) is 3.59. The molecule has 0 fully saturated rings. The average molecular weight is 233 g/mol. The fourth-order valence-corrected chi connectivity index (χ4v) is 2.05. The fourth-order valence-electron chi connectivity index (χ4n) is 2.05. The second-order valence-corrected chi connectivity index (χ2v) is 4.21. The number of benzene rings is 1. The summed E-state index contributed by atoms with van der Waals surface area (Å²) in [6, 6.07) is 5.25. The summed E-state index contributed by atoms with van der Waals surface area (Å²) in [4.78, 5) is 0. The van der Waals surface area contributed by atoms with Crippen LogP contribution in [0.1, 0.15) is 43.4 Å². The molecule has 0 aliphatic rings. The zero-order valence-corrected chi connectivity index (χ0v) is 10.6. The van der Waals surface area contributed by atoms with Gasteiger partial charge in [0.05, 0.1) is 0 Å². The molecule has 0 radical (unpaired) electrons. The van der Waals surface area contributed by atoms with Crippen molar-refractivity contribution < 1.29 is 4.39 Å². The number of aryl methyl sites for hydroxylation is 1. The Bertz CT molecular complexity index is 392. The topological polar surface area (TPSA) is 12.0 Å². The largest absolute Gasteiger partial charge is 0.310 e. The first-order chi connectivity index (χ1) is 8.19. The number of terminal acetylenes is 1. The van der Waals surface area contributed by atoms with E-state index in [1.165, 1.54) is 11.6 Å². The molecule has 1 atom stereocenters. The molecule has 17 heavy (non-hydrogen) atoms. The minimum absolute atomic E-state index is 0.176. The zero-order valence-electron chi connectivity index (χ0n) is 10.6. The van der Waals surface area contributed by atoms with E-state index in [-0.39, 0.29) is 11.9 Å². The first-order valence-electron chi connectivity index (χ1n) is 6.12. The maximum atomic E-state index is 13.1. The minimum Gasteiger partial charge on any atom is -0.310 e. The molecule has 1 aromatic rings. The third-order valence-corrected chi connectivity index (χ3v) is 2.87. The monoisotopic (exact) mass is 233 g/mol. The van der Waals surface area contributed by atoms with Crippen LogP contribution in [0.4, 0.5) is 4.39 Å². The molecule has 0 bridgehead atoms. The van der Waals surface area contributed by atoms with E-state index < -0.39 is 0 Å². The van der Waals surface area contributed by atoms with Crippen LogP contribution in [0.15, 0.2) is 18.2 Å². The van der Waals surface area contributed by atoms with E-state index in [1.54, 1.807) is 6.07 Å². The molecule has 0 saturated carbocycles. The molecule has 0 aliphatic carbocycles. The summed E-state index contributed by atoms with van der Waals surface area (Å²) in [7, 11) is 0. The van der Waals surface area contributed by atoms with Gasteiger partial charge in [-0.05, 0) is 49.6 Å². The van der Waals surface area contributed by atoms with Crippen LogP contribution in [-0.4, -0.2) is 6.54 Å². The van der Waals surface area contributed by atoms with Crippen molar-refractivity contribution in [1.82, 2.24) is 5.32 Å². The van der Waals surface area contributed by atoms with E-state index in [9.17, 15) is 4.39 Å². The zero-order chi connectivity index (χ0) is 12.7. The number of nitrogens with one attached hydrogen (secondary N) is 1. The highest BCUT2D eigenvalue weighted by Gasteiger charge is 2.12. The minimum atomic E-state index is -0.176. The number of unbranched alkanes of at least 4 members (excludes halogenated alkanes) is 1. The van der Waals surface area contributed by atoms with Gasteiger partial charge in [0.2, 0.25) is 0 Å². The first kappa shape index (κ1) is 13.7. The van der Waals surface area contributed by atoms with Gasteiger partial charge >= 0.3 is 0 Å². The molecule has 1 nitrogen and oxygen atoms in total. The van der Waals surface area contributed by atoms with Crippen LogP contribution in [0.3, 0.4) is 0 Å².